The van der Waals surface area contributed by atoms with Gasteiger partial charge in [-0.25, -0.2) is 0 Å². The molecule has 8 unspecified atom stereocenters. The van der Waals surface area contributed by atoms with Gasteiger partial charge in [0.05, 0.1) is 18.8 Å². The van der Waals surface area contributed by atoms with Crippen LogP contribution in [0.25, 0.3) is 0 Å². The van der Waals surface area contributed by atoms with Gasteiger partial charge in [-0.2, -0.15) is 0 Å². The van der Waals surface area contributed by atoms with Gasteiger partial charge in [0.1, 0.15) is 0 Å². The van der Waals surface area contributed by atoms with E-state index >= 15 is 0 Å². The maximum atomic E-state index is 11.1. The monoisotopic (exact) mass is 320 g/mol. The Morgan fingerprint density at radius 3 is 2.30 bits per heavy atom. The van der Waals surface area contributed by atoms with Crippen LogP contribution in [0.2, 0.25) is 0 Å². The number of hydrogen-bond donors (Lipinski definition) is 3. The Kier molecular flexibility index (Phi) is 3.23. The molecule has 0 aromatic rings. The Hall–Kier alpha value is -0.380. The van der Waals surface area contributed by atoms with Crippen LogP contribution in [0.15, 0.2) is 12.2 Å². The second kappa shape index (κ2) is 4.62. The second-order valence-corrected chi connectivity index (χ2v) is 9.76. The van der Waals surface area contributed by atoms with Crippen molar-refractivity contribution in [3.8, 4) is 0 Å². The molecule has 8 atom stereocenters. The SMILES string of the molecule is CC12C=CC3(CCC4C(C)(CO)C(O)CCC4(C)C3CC1)C2O. The zero-order chi connectivity index (χ0) is 16.7. The van der Waals surface area contributed by atoms with E-state index < -0.39 is 11.5 Å². The van der Waals surface area contributed by atoms with E-state index in [1.807, 2.05) is 0 Å². The second-order valence-electron chi connectivity index (χ2n) is 9.76. The van der Waals surface area contributed by atoms with Gasteiger partial charge in [-0.05, 0) is 55.8 Å². The molecule has 2 bridgehead atoms. The van der Waals surface area contributed by atoms with Crippen LogP contribution in [-0.2, 0) is 0 Å². The summed E-state index contributed by atoms with van der Waals surface area (Å²) < 4.78 is 0. The van der Waals surface area contributed by atoms with E-state index in [1.165, 1.54) is 0 Å². The van der Waals surface area contributed by atoms with E-state index in [1.54, 1.807) is 0 Å². The first kappa shape index (κ1) is 16.1. The Morgan fingerprint density at radius 1 is 0.913 bits per heavy atom. The third-order valence-corrected chi connectivity index (χ3v) is 8.84. The van der Waals surface area contributed by atoms with Gasteiger partial charge in [-0.15, -0.1) is 0 Å². The first-order chi connectivity index (χ1) is 10.7. The molecule has 3 nitrogen and oxygen atoms in total. The van der Waals surface area contributed by atoms with Gasteiger partial charge < -0.3 is 15.3 Å². The molecular formula is C20H32O3. The number of aliphatic hydroxyl groups is 3. The van der Waals surface area contributed by atoms with Crippen LogP contribution in [0.3, 0.4) is 0 Å². The third-order valence-electron chi connectivity index (χ3n) is 8.84. The van der Waals surface area contributed by atoms with E-state index in [4.69, 9.17) is 0 Å². The minimum Gasteiger partial charge on any atom is -0.396 e. The quantitative estimate of drug-likeness (QED) is 0.651. The van der Waals surface area contributed by atoms with Crippen LogP contribution in [0.4, 0.5) is 0 Å². The van der Waals surface area contributed by atoms with E-state index in [2.05, 4.69) is 32.9 Å². The van der Waals surface area contributed by atoms with Gasteiger partial charge >= 0.3 is 0 Å². The molecule has 0 saturated heterocycles. The van der Waals surface area contributed by atoms with Gasteiger partial charge in [0.25, 0.3) is 0 Å². The number of aliphatic hydroxyl groups excluding tert-OH is 3. The van der Waals surface area contributed by atoms with Crippen LogP contribution in [0.5, 0.6) is 0 Å². The van der Waals surface area contributed by atoms with Gasteiger partial charge in [-0.3, -0.25) is 0 Å². The lowest BCUT2D eigenvalue weighted by Gasteiger charge is -2.66. The number of fused-ring (bicyclic) bond motifs is 3. The third kappa shape index (κ3) is 1.72. The molecule has 4 rings (SSSR count). The molecule has 3 N–H and O–H groups in total. The number of hydrogen-bond acceptors (Lipinski definition) is 3. The lowest BCUT2D eigenvalue weighted by atomic mass is 9.39. The summed E-state index contributed by atoms with van der Waals surface area (Å²) in [5, 5.41) is 31.8. The first-order valence-electron chi connectivity index (χ1n) is 9.40. The van der Waals surface area contributed by atoms with E-state index in [0.29, 0.717) is 11.8 Å². The van der Waals surface area contributed by atoms with Gasteiger partial charge in [0.2, 0.25) is 0 Å². The molecule has 130 valence electrons. The highest BCUT2D eigenvalue weighted by atomic mass is 16.3. The van der Waals surface area contributed by atoms with Crippen molar-refractivity contribution in [3.05, 3.63) is 12.2 Å². The zero-order valence-corrected chi connectivity index (χ0v) is 14.8. The molecule has 3 heteroatoms. The lowest BCUT2D eigenvalue weighted by Crippen LogP contribution is -2.64. The molecule has 0 aliphatic heterocycles. The van der Waals surface area contributed by atoms with Crippen molar-refractivity contribution in [2.45, 2.75) is 71.5 Å². The predicted molar refractivity (Wildman–Crippen MR) is 89.7 cm³/mol. The van der Waals surface area contributed by atoms with Crippen molar-refractivity contribution < 1.29 is 15.3 Å². The van der Waals surface area contributed by atoms with Crippen molar-refractivity contribution in [3.63, 3.8) is 0 Å². The highest BCUT2D eigenvalue weighted by molar-refractivity contribution is 5.29. The Bertz CT molecular complexity index is 545. The van der Waals surface area contributed by atoms with Crippen molar-refractivity contribution in [1.82, 2.24) is 0 Å². The summed E-state index contributed by atoms with van der Waals surface area (Å²) in [6.07, 6.45) is 9.94. The summed E-state index contributed by atoms with van der Waals surface area (Å²) in [7, 11) is 0. The van der Waals surface area contributed by atoms with Gasteiger partial charge in [-0.1, -0.05) is 32.9 Å². The largest absolute Gasteiger partial charge is 0.396 e. The maximum absolute atomic E-state index is 11.1. The smallest absolute Gasteiger partial charge is 0.0721 e. The number of rotatable bonds is 1. The standard InChI is InChI=1S/C20H32O3/c1-17-7-4-14-18(2)8-6-15(22)19(3,12-21)13(18)5-9-20(14,11-10-17)16(17)23/h10-11,13-16,21-23H,4-9,12H2,1-3H3. The van der Waals surface area contributed by atoms with Crippen LogP contribution in [-0.4, -0.2) is 34.1 Å². The highest BCUT2D eigenvalue weighted by Crippen LogP contribution is 2.71. The molecule has 3 saturated carbocycles. The molecule has 4 aliphatic rings. The first-order valence-corrected chi connectivity index (χ1v) is 9.40. The summed E-state index contributed by atoms with van der Waals surface area (Å²) in [5.74, 6) is 0.805. The van der Waals surface area contributed by atoms with Gasteiger partial charge in [0, 0.05) is 16.2 Å². The normalized spacial score (nSPS) is 61.1. The fourth-order valence-corrected chi connectivity index (χ4v) is 7.35. The summed E-state index contributed by atoms with van der Waals surface area (Å²) in [6, 6.07) is 0. The highest BCUT2D eigenvalue weighted by Gasteiger charge is 2.68. The average Bonchev–Trinajstić information content (AvgIpc) is 2.69. The lowest BCUT2D eigenvalue weighted by molar-refractivity contribution is -0.217. The van der Waals surface area contributed by atoms with E-state index in [0.717, 1.165) is 38.5 Å². The Balaban J connectivity index is 1.77. The fraction of sp³-hybridized carbons (Fsp3) is 0.900. The molecule has 0 radical (unpaired) electrons. The summed E-state index contributed by atoms with van der Waals surface area (Å²) >= 11 is 0. The maximum Gasteiger partial charge on any atom is 0.0721 e. The molecule has 0 heterocycles. The summed E-state index contributed by atoms with van der Waals surface area (Å²) in [6.45, 7) is 6.72. The Morgan fingerprint density at radius 2 is 1.61 bits per heavy atom. The molecule has 3 fully saturated rings. The van der Waals surface area contributed by atoms with Crippen LogP contribution < -0.4 is 0 Å². The van der Waals surface area contributed by atoms with Gasteiger partial charge in [0.15, 0.2) is 0 Å². The minimum absolute atomic E-state index is 0.0475. The van der Waals surface area contributed by atoms with Crippen LogP contribution in [0, 0.1) is 33.5 Å². The summed E-state index contributed by atoms with van der Waals surface area (Å²) in [4.78, 5) is 0. The minimum atomic E-state index is -0.405. The molecule has 4 aliphatic carbocycles. The van der Waals surface area contributed by atoms with Crippen molar-refractivity contribution in [2.24, 2.45) is 33.5 Å². The Labute approximate surface area is 139 Å². The van der Waals surface area contributed by atoms with Crippen LogP contribution >= 0.6 is 0 Å². The fourth-order valence-electron chi connectivity index (χ4n) is 7.35. The van der Waals surface area contributed by atoms with E-state index in [9.17, 15) is 15.3 Å². The molecule has 23 heavy (non-hydrogen) atoms. The average molecular weight is 320 g/mol. The topological polar surface area (TPSA) is 60.7 Å². The van der Waals surface area contributed by atoms with E-state index in [-0.39, 0.29) is 29.0 Å². The zero-order valence-electron chi connectivity index (χ0n) is 14.8. The molecule has 0 amide bonds. The molecular weight excluding hydrogens is 288 g/mol. The van der Waals surface area contributed by atoms with Crippen molar-refractivity contribution in [2.75, 3.05) is 6.61 Å². The molecule has 0 aromatic carbocycles. The van der Waals surface area contributed by atoms with Crippen LogP contribution in [0.1, 0.15) is 59.3 Å². The van der Waals surface area contributed by atoms with Crippen molar-refractivity contribution in [1.29, 1.82) is 0 Å². The predicted octanol–water partition coefficient (Wildman–Crippen LogP) is 2.89. The van der Waals surface area contributed by atoms with Crippen molar-refractivity contribution >= 4 is 0 Å². The molecule has 0 aromatic heterocycles. The summed E-state index contributed by atoms with van der Waals surface area (Å²) in [5.41, 5.74) is -0.417. The molecule has 1 spiro atoms.